The summed E-state index contributed by atoms with van der Waals surface area (Å²) >= 11 is 0. The molecule has 0 spiro atoms. The van der Waals surface area contributed by atoms with Crippen LogP contribution in [0.15, 0.2) is 47.4 Å². The van der Waals surface area contributed by atoms with Gasteiger partial charge in [0.05, 0.1) is 23.1 Å². The van der Waals surface area contributed by atoms with Crippen LogP contribution in [0.25, 0.3) is 0 Å². The maximum Gasteiger partial charge on any atom is 0.343 e. The summed E-state index contributed by atoms with van der Waals surface area (Å²) in [5.74, 6) is -1.15. The van der Waals surface area contributed by atoms with Crippen LogP contribution in [0.1, 0.15) is 33.6 Å². The maximum absolute atomic E-state index is 12.5. The van der Waals surface area contributed by atoms with Crippen LogP contribution in [0, 0.1) is 0 Å². The molecule has 2 aromatic carbocycles. The molecule has 1 aliphatic heterocycles. The molecule has 0 bridgehead atoms. The van der Waals surface area contributed by atoms with Crippen LogP contribution in [0.5, 0.6) is 11.5 Å². The number of hydrogen-bond acceptors (Lipinski definition) is 6. The van der Waals surface area contributed by atoms with E-state index in [2.05, 4.69) is 0 Å². The van der Waals surface area contributed by atoms with E-state index in [1.165, 1.54) is 53.9 Å². The maximum atomic E-state index is 12.5. The molecule has 2 N–H and O–H groups in total. The lowest BCUT2D eigenvalue weighted by atomic mass is 10.1. The molecule has 0 aromatic heterocycles. The SMILES string of the molecule is COc1ccc(C(N)=O)c(OC(=O)c2ccc(S(=O)(=O)N3CCCC3)cc2)c1. The Morgan fingerprint density at radius 1 is 1.04 bits per heavy atom. The van der Waals surface area contributed by atoms with Gasteiger partial charge in [0, 0.05) is 19.2 Å². The van der Waals surface area contributed by atoms with Crippen LogP contribution in [0.3, 0.4) is 0 Å². The molecule has 2 aromatic rings. The van der Waals surface area contributed by atoms with Crippen molar-refractivity contribution >= 4 is 21.9 Å². The van der Waals surface area contributed by atoms with E-state index in [4.69, 9.17) is 15.2 Å². The van der Waals surface area contributed by atoms with Crippen LogP contribution >= 0.6 is 0 Å². The Kier molecular flexibility index (Phi) is 5.66. The Morgan fingerprint density at radius 3 is 2.25 bits per heavy atom. The first-order valence-electron chi connectivity index (χ1n) is 8.63. The van der Waals surface area contributed by atoms with Gasteiger partial charge < -0.3 is 15.2 Å². The van der Waals surface area contributed by atoms with Gasteiger partial charge in [0.2, 0.25) is 10.0 Å². The lowest BCUT2D eigenvalue weighted by Crippen LogP contribution is -2.27. The first-order valence-corrected chi connectivity index (χ1v) is 10.1. The highest BCUT2D eigenvalue weighted by atomic mass is 32.2. The van der Waals surface area contributed by atoms with E-state index in [9.17, 15) is 18.0 Å². The number of nitrogens with two attached hydrogens (primary N) is 1. The van der Waals surface area contributed by atoms with Gasteiger partial charge in [0.15, 0.2) is 0 Å². The minimum absolute atomic E-state index is 0.0300. The smallest absolute Gasteiger partial charge is 0.343 e. The summed E-state index contributed by atoms with van der Waals surface area (Å²) in [5, 5.41) is 0. The predicted octanol–water partition coefficient (Wildman–Crippen LogP) is 1.80. The number of methoxy groups -OCH3 is 1. The zero-order valence-corrected chi connectivity index (χ0v) is 16.1. The second-order valence-electron chi connectivity index (χ2n) is 6.25. The predicted molar refractivity (Wildman–Crippen MR) is 101 cm³/mol. The van der Waals surface area contributed by atoms with Crippen molar-refractivity contribution in [3.63, 3.8) is 0 Å². The number of sulfonamides is 1. The van der Waals surface area contributed by atoms with Gasteiger partial charge in [-0.3, -0.25) is 4.79 Å². The summed E-state index contributed by atoms with van der Waals surface area (Å²) in [5.41, 5.74) is 5.47. The number of nitrogens with zero attached hydrogens (tertiary/aromatic N) is 1. The molecule has 1 saturated heterocycles. The molecule has 0 saturated carbocycles. The zero-order chi connectivity index (χ0) is 20.3. The summed E-state index contributed by atoms with van der Waals surface area (Å²) in [4.78, 5) is 24.1. The van der Waals surface area contributed by atoms with E-state index in [1.807, 2.05) is 0 Å². The molecule has 28 heavy (non-hydrogen) atoms. The Morgan fingerprint density at radius 2 is 1.68 bits per heavy atom. The van der Waals surface area contributed by atoms with Crippen molar-refractivity contribution in [1.29, 1.82) is 0 Å². The zero-order valence-electron chi connectivity index (χ0n) is 15.3. The molecule has 3 rings (SSSR count). The lowest BCUT2D eigenvalue weighted by Gasteiger charge is -2.15. The number of primary amides is 1. The van der Waals surface area contributed by atoms with Crippen LogP contribution in [-0.2, 0) is 10.0 Å². The first-order chi connectivity index (χ1) is 13.3. The third kappa shape index (κ3) is 4.00. The van der Waals surface area contributed by atoms with Crippen molar-refractivity contribution in [3.05, 3.63) is 53.6 Å². The molecule has 148 valence electrons. The number of esters is 1. The Bertz CT molecular complexity index is 996. The number of hydrogen-bond donors (Lipinski definition) is 1. The number of benzene rings is 2. The third-order valence-corrected chi connectivity index (χ3v) is 6.36. The van der Waals surface area contributed by atoms with Crippen LogP contribution in [-0.4, -0.2) is 44.8 Å². The molecule has 1 amide bonds. The van der Waals surface area contributed by atoms with Crippen molar-refractivity contribution in [2.45, 2.75) is 17.7 Å². The molecule has 8 nitrogen and oxygen atoms in total. The van der Waals surface area contributed by atoms with E-state index < -0.39 is 21.9 Å². The number of rotatable bonds is 6. The molecule has 1 heterocycles. The first kappa shape index (κ1) is 19.8. The van der Waals surface area contributed by atoms with Gasteiger partial charge in [0.25, 0.3) is 5.91 Å². The number of ether oxygens (including phenoxy) is 2. The van der Waals surface area contributed by atoms with Gasteiger partial charge in [-0.15, -0.1) is 0 Å². The molecule has 1 aliphatic rings. The number of amides is 1. The van der Waals surface area contributed by atoms with Gasteiger partial charge in [0.1, 0.15) is 11.5 Å². The largest absolute Gasteiger partial charge is 0.497 e. The van der Waals surface area contributed by atoms with E-state index in [1.54, 1.807) is 0 Å². The van der Waals surface area contributed by atoms with Crippen LogP contribution in [0.4, 0.5) is 0 Å². The third-order valence-electron chi connectivity index (χ3n) is 4.45. The molecule has 0 aliphatic carbocycles. The second-order valence-corrected chi connectivity index (χ2v) is 8.19. The molecule has 0 atom stereocenters. The van der Waals surface area contributed by atoms with E-state index in [0.29, 0.717) is 18.8 Å². The van der Waals surface area contributed by atoms with Crippen LogP contribution in [0.2, 0.25) is 0 Å². The van der Waals surface area contributed by atoms with E-state index >= 15 is 0 Å². The number of carbonyl (C=O) groups excluding carboxylic acids is 2. The summed E-state index contributed by atoms with van der Waals surface area (Å²) < 4.78 is 36.9. The minimum atomic E-state index is -3.56. The standard InChI is InChI=1S/C19H20N2O6S/c1-26-14-6-9-16(18(20)22)17(12-14)27-19(23)13-4-7-15(8-5-13)28(24,25)21-10-2-3-11-21/h4-9,12H,2-3,10-11H2,1H3,(H2,20,22). The quantitative estimate of drug-likeness (QED) is 0.580. The topological polar surface area (TPSA) is 116 Å². The van der Waals surface area contributed by atoms with Gasteiger partial charge in [-0.05, 0) is 49.2 Å². The highest BCUT2D eigenvalue weighted by molar-refractivity contribution is 7.89. The number of carbonyl (C=O) groups is 2. The van der Waals surface area contributed by atoms with E-state index in [-0.39, 0.29) is 21.8 Å². The molecule has 0 unspecified atom stereocenters. The Hall–Kier alpha value is -2.91. The molecule has 9 heteroatoms. The Balaban J connectivity index is 1.81. The van der Waals surface area contributed by atoms with Crippen molar-refractivity contribution in [2.75, 3.05) is 20.2 Å². The summed E-state index contributed by atoms with van der Waals surface area (Å²) in [7, 11) is -2.13. The normalized spacial score (nSPS) is 14.6. The highest BCUT2D eigenvalue weighted by Crippen LogP contribution is 2.26. The average Bonchev–Trinajstić information content (AvgIpc) is 3.23. The molecular weight excluding hydrogens is 384 g/mol. The Labute approximate surface area is 162 Å². The van der Waals surface area contributed by atoms with Gasteiger partial charge >= 0.3 is 5.97 Å². The van der Waals surface area contributed by atoms with Crippen LogP contribution < -0.4 is 15.2 Å². The molecule has 0 radical (unpaired) electrons. The molecule has 1 fully saturated rings. The van der Waals surface area contributed by atoms with Crippen molar-refractivity contribution in [1.82, 2.24) is 4.31 Å². The second kappa shape index (κ2) is 7.99. The fourth-order valence-corrected chi connectivity index (χ4v) is 4.43. The lowest BCUT2D eigenvalue weighted by molar-refractivity contribution is 0.0732. The fourth-order valence-electron chi connectivity index (χ4n) is 2.92. The van der Waals surface area contributed by atoms with Gasteiger partial charge in [-0.25, -0.2) is 13.2 Å². The minimum Gasteiger partial charge on any atom is -0.497 e. The van der Waals surface area contributed by atoms with Crippen molar-refractivity contribution in [2.24, 2.45) is 5.73 Å². The summed E-state index contributed by atoms with van der Waals surface area (Å²) in [6.07, 6.45) is 1.68. The summed E-state index contributed by atoms with van der Waals surface area (Å²) in [6, 6.07) is 9.77. The summed E-state index contributed by atoms with van der Waals surface area (Å²) in [6.45, 7) is 0.996. The van der Waals surface area contributed by atoms with Gasteiger partial charge in [-0.2, -0.15) is 4.31 Å². The highest BCUT2D eigenvalue weighted by Gasteiger charge is 2.27. The average molecular weight is 404 g/mol. The molecular formula is C19H20N2O6S. The van der Waals surface area contributed by atoms with Gasteiger partial charge in [-0.1, -0.05) is 0 Å². The van der Waals surface area contributed by atoms with Crippen molar-refractivity contribution in [3.8, 4) is 11.5 Å². The van der Waals surface area contributed by atoms with Crippen molar-refractivity contribution < 1.29 is 27.5 Å². The monoisotopic (exact) mass is 404 g/mol. The van der Waals surface area contributed by atoms with E-state index in [0.717, 1.165) is 12.8 Å². The fraction of sp³-hybridized carbons (Fsp3) is 0.263.